The molecule has 0 aromatic heterocycles. The van der Waals surface area contributed by atoms with Crippen molar-refractivity contribution < 1.29 is 8.42 Å². The Hall–Kier alpha value is -0.580. The number of rotatable bonds is 2. The van der Waals surface area contributed by atoms with Crippen molar-refractivity contribution in [1.82, 2.24) is 0 Å². The summed E-state index contributed by atoms with van der Waals surface area (Å²) in [4.78, 5) is 4.25. The van der Waals surface area contributed by atoms with Gasteiger partial charge in [0, 0.05) is 6.42 Å². The minimum absolute atomic E-state index is 0.128. The summed E-state index contributed by atoms with van der Waals surface area (Å²) in [6, 6.07) is 0.128. The minimum atomic E-state index is -2.77. The lowest BCUT2D eigenvalue weighted by atomic mass is 10.2. The van der Waals surface area contributed by atoms with Crippen LogP contribution in [0.3, 0.4) is 0 Å². The Labute approximate surface area is 79.1 Å². The van der Waals surface area contributed by atoms with E-state index in [-0.39, 0.29) is 17.5 Å². The molecule has 5 heteroatoms. The molecule has 1 heterocycles. The normalized spacial score (nSPS) is 24.5. The van der Waals surface area contributed by atoms with Gasteiger partial charge in [0.15, 0.2) is 0 Å². The first-order valence-corrected chi connectivity index (χ1v) is 6.38. The van der Waals surface area contributed by atoms with Crippen molar-refractivity contribution in [2.24, 2.45) is 10.7 Å². The van der Waals surface area contributed by atoms with Gasteiger partial charge in [-0.05, 0) is 12.8 Å². The topological polar surface area (TPSA) is 72.5 Å². The first kappa shape index (κ1) is 10.5. The first-order valence-electron chi connectivity index (χ1n) is 4.56. The highest BCUT2D eigenvalue weighted by molar-refractivity contribution is 7.91. The predicted octanol–water partition coefficient (Wildman–Crippen LogP) is 0.331. The summed E-state index contributed by atoms with van der Waals surface area (Å²) in [5.41, 5.74) is 5.57. The average Bonchev–Trinajstić information content (AvgIpc) is 2.08. The van der Waals surface area contributed by atoms with Gasteiger partial charge in [-0.3, -0.25) is 4.99 Å². The molecule has 1 aliphatic rings. The molecular weight excluding hydrogens is 188 g/mol. The van der Waals surface area contributed by atoms with Gasteiger partial charge in [0.2, 0.25) is 0 Å². The monoisotopic (exact) mass is 204 g/mol. The van der Waals surface area contributed by atoms with Crippen molar-refractivity contribution in [3.8, 4) is 0 Å². The molecule has 4 nitrogen and oxygen atoms in total. The molecule has 76 valence electrons. The Balaban J connectivity index is 2.51. The lowest BCUT2D eigenvalue weighted by molar-refractivity contribution is 0.547. The van der Waals surface area contributed by atoms with E-state index in [1.54, 1.807) is 0 Å². The van der Waals surface area contributed by atoms with Crippen LogP contribution in [0.5, 0.6) is 0 Å². The SMILES string of the molecule is CCC(N)=NC1CCS(=O)(=O)CC1. The fourth-order valence-corrected chi connectivity index (χ4v) is 2.80. The minimum Gasteiger partial charge on any atom is -0.387 e. The average molecular weight is 204 g/mol. The second-order valence-electron chi connectivity index (χ2n) is 3.36. The lowest BCUT2D eigenvalue weighted by Gasteiger charge is -2.18. The Morgan fingerprint density at radius 2 is 2.00 bits per heavy atom. The summed E-state index contributed by atoms with van der Waals surface area (Å²) in [7, 11) is -2.77. The second kappa shape index (κ2) is 4.09. The Morgan fingerprint density at radius 1 is 1.46 bits per heavy atom. The summed E-state index contributed by atoms with van der Waals surface area (Å²) in [6.45, 7) is 1.94. The number of sulfone groups is 1. The fourth-order valence-electron chi connectivity index (χ4n) is 1.33. The summed E-state index contributed by atoms with van der Waals surface area (Å²) in [5, 5.41) is 0. The van der Waals surface area contributed by atoms with Gasteiger partial charge >= 0.3 is 0 Å². The van der Waals surface area contributed by atoms with Gasteiger partial charge in [0.05, 0.1) is 23.4 Å². The molecular formula is C8H16N2O2S. The molecule has 13 heavy (non-hydrogen) atoms. The lowest BCUT2D eigenvalue weighted by Crippen LogP contribution is -2.27. The van der Waals surface area contributed by atoms with Gasteiger partial charge in [0.1, 0.15) is 9.84 Å². The van der Waals surface area contributed by atoms with Gasteiger partial charge in [-0.2, -0.15) is 0 Å². The van der Waals surface area contributed by atoms with Crippen LogP contribution in [0.4, 0.5) is 0 Å². The molecule has 0 bridgehead atoms. The van der Waals surface area contributed by atoms with Crippen LogP contribution in [0.25, 0.3) is 0 Å². The molecule has 0 atom stereocenters. The van der Waals surface area contributed by atoms with Gasteiger partial charge in [-0.1, -0.05) is 6.92 Å². The van der Waals surface area contributed by atoms with Crippen molar-refractivity contribution in [1.29, 1.82) is 0 Å². The standard InChI is InChI=1S/C8H16N2O2S/c1-2-8(9)10-7-3-5-13(11,12)6-4-7/h7H,2-6H2,1H3,(H2,9,10). The maximum absolute atomic E-state index is 11.1. The third-order valence-corrected chi connectivity index (χ3v) is 3.95. The zero-order chi connectivity index (χ0) is 9.90. The number of hydrogen-bond donors (Lipinski definition) is 1. The van der Waals surface area contributed by atoms with Crippen LogP contribution in [-0.2, 0) is 9.84 Å². The second-order valence-corrected chi connectivity index (χ2v) is 5.66. The van der Waals surface area contributed by atoms with E-state index >= 15 is 0 Å². The van der Waals surface area contributed by atoms with E-state index in [9.17, 15) is 8.42 Å². The zero-order valence-corrected chi connectivity index (χ0v) is 8.68. The van der Waals surface area contributed by atoms with Crippen LogP contribution in [-0.4, -0.2) is 31.8 Å². The molecule has 0 saturated carbocycles. The highest BCUT2D eigenvalue weighted by atomic mass is 32.2. The summed E-state index contributed by atoms with van der Waals surface area (Å²) < 4.78 is 22.1. The molecule has 0 spiro atoms. The number of hydrogen-bond acceptors (Lipinski definition) is 3. The molecule has 1 saturated heterocycles. The van der Waals surface area contributed by atoms with E-state index in [2.05, 4.69) is 4.99 Å². The van der Waals surface area contributed by atoms with Crippen molar-refractivity contribution in [3.63, 3.8) is 0 Å². The molecule has 0 unspecified atom stereocenters. The van der Waals surface area contributed by atoms with Gasteiger partial charge in [0.25, 0.3) is 0 Å². The number of amidine groups is 1. The van der Waals surface area contributed by atoms with Crippen molar-refractivity contribution in [2.75, 3.05) is 11.5 Å². The van der Waals surface area contributed by atoms with Gasteiger partial charge in [-0.25, -0.2) is 8.42 Å². The Bertz CT molecular complexity index is 281. The van der Waals surface area contributed by atoms with Crippen LogP contribution in [0.1, 0.15) is 26.2 Å². The van der Waals surface area contributed by atoms with Gasteiger partial charge < -0.3 is 5.73 Å². The number of nitrogens with two attached hydrogens (primary N) is 1. The maximum atomic E-state index is 11.1. The number of aliphatic imine (C=N–C) groups is 1. The summed E-state index contributed by atoms with van der Waals surface area (Å²) >= 11 is 0. The van der Waals surface area contributed by atoms with Gasteiger partial charge in [-0.15, -0.1) is 0 Å². The van der Waals surface area contributed by atoms with E-state index in [1.165, 1.54) is 0 Å². The molecule has 2 N–H and O–H groups in total. The molecule has 1 aliphatic heterocycles. The highest BCUT2D eigenvalue weighted by Crippen LogP contribution is 2.15. The molecule has 0 aromatic rings. The van der Waals surface area contributed by atoms with E-state index in [0.717, 1.165) is 6.42 Å². The quantitative estimate of drug-likeness (QED) is 0.520. The molecule has 1 rings (SSSR count). The fraction of sp³-hybridized carbons (Fsp3) is 0.875. The highest BCUT2D eigenvalue weighted by Gasteiger charge is 2.22. The van der Waals surface area contributed by atoms with Crippen LogP contribution in [0, 0.1) is 0 Å². The van der Waals surface area contributed by atoms with Crippen LogP contribution in [0.2, 0.25) is 0 Å². The van der Waals surface area contributed by atoms with Crippen LogP contribution >= 0.6 is 0 Å². The molecule has 0 radical (unpaired) electrons. The molecule has 0 aromatic carbocycles. The molecule has 0 amide bonds. The van der Waals surface area contributed by atoms with E-state index in [1.807, 2.05) is 6.92 Å². The van der Waals surface area contributed by atoms with Crippen molar-refractivity contribution in [2.45, 2.75) is 32.2 Å². The van der Waals surface area contributed by atoms with Crippen molar-refractivity contribution >= 4 is 15.7 Å². The van der Waals surface area contributed by atoms with E-state index < -0.39 is 9.84 Å². The van der Waals surface area contributed by atoms with Crippen molar-refractivity contribution in [3.05, 3.63) is 0 Å². The third kappa shape index (κ3) is 3.34. The largest absolute Gasteiger partial charge is 0.387 e. The van der Waals surface area contributed by atoms with E-state index in [4.69, 9.17) is 5.73 Å². The van der Waals surface area contributed by atoms with Crippen LogP contribution < -0.4 is 5.73 Å². The first-order chi connectivity index (χ1) is 6.03. The maximum Gasteiger partial charge on any atom is 0.150 e. The predicted molar refractivity (Wildman–Crippen MR) is 53.6 cm³/mol. The number of nitrogens with zero attached hydrogens (tertiary/aromatic N) is 1. The Morgan fingerprint density at radius 3 is 2.46 bits per heavy atom. The molecule has 1 fully saturated rings. The zero-order valence-electron chi connectivity index (χ0n) is 7.86. The summed E-state index contributed by atoms with van der Waals surface area (Å²) in [6.07, 6.45) is 2.00. The smallest absolute Gasteiger partial charge is 0.150 e. The molecule has 0 aliphatic carbocycles. The Kier molecular flexibility index (Phi) is 3.30. The van der Waals surface area contributed by atoms with E-state index in [0.29, 0.717) is 18.7 Å². The van der Waals surface area contributed by atoms with Crippen LogP contribution in [0.15, 0.2) is 4.99 Å². The summed E-state index contributed by atoms with van der Waals surface area (Å²) in [5.74, 6) is 1.15. The third-order valence-electron chi connectivity index (χ3n) is 2.23.